The molecule has 2 heterocycles. The Morgan fingerprint density at radius 3 is 2.53 bits per heavy atom. The maximum atomic E-state index is 14.6. The standard InChI is InChI=1S/C30H25ClF3N5O4/c1-29(43)15-23(39(28(29)42)24-11-17(16-35)9-10-36-24)27(41)38(20-6-4-5-18(32)12-20)25(21-7-2-3-8-22(21)31)26(40)37-19-13-30(33,34)14-19/h2-12,19,23,25,43H,13-15H2,1H3,(H,37,40)/t23-,25?,29-/m0/s1. The molecule has 0 spiro atoms. The summed E-state index contributed by atoms with van der Waals surface area (Å²) < 4.78 is 41.8. The van der Waals surface area contributed by atoms with Crippen LogP contribution in [-0.4, -0.2) is 51.4 Å². The number of halogens is 4. The van der Waals surface area contributed by atoms with Gasteiger partial charge in [0.15, 0.2) is 0 Å². The van der Waals surface area contributed by atoms with E-state index in [1.165, 1.54) is 49.5 Å². The number of amides is 3. The van der Waals surface area contributed by atoms with Crippen molar-refractivity contribution in [3.63, 3.8) is 0 Å². The lowest BCUT2D eigenvalue weighted by atomic mass is 9.87. The second-order valence-electron chi connectivity index (χ2n) is 10.8. The number of anilines is 2. The van der Waals surface area contributed by atoms with Crippen LogP contribution in [0.2, 0.25) is 5.02 Å². The largest absolute Gasteiger partial charge is 0.380 e. The summed E-state index contributed by atoms with van der Waals surface area (Å²) in [5.74, 6) is -6.46. The second-order valence-corrected chi connectivity index (χ2v) is 11.2. The van der Waals surface area contributed by atoms with E-state index in [4.69, 9.17) is 11.6 Å². The minimum Gasteiger partial charge on any atom is -0.380 e. The van der Waals surface area contributed by atoms with Gasteiger partial charge in [0.25, 0.3) is 17.7 Å². The molecule has 2 aliphatic rings. The number of nitriles is 1. The highest BCUT2D eigenvalue weighted by Gasteiger charge is 2.54. The third-order valence-corrected chi connectivity index (χ3v) is 7.80. The van der Waals surface area contributed by atoms with Gasteiger partial charge in [-0.2, -0.15) is 5.26 Å². The van der Waals surface area contributed by atoms with E-state index >= 15 is 0 Å². The number of carbonyl (C=O) groups is 3. The molecule has 1 aliphatic carbocycles. The van der Waals surface area contributed by atoms with Crippen LogP contribution in [0.25, 0.3) is 0 Å². The molecule has 1 unspecified atom stereocenters. The SMILES string of the molecule is C[C@]1(O)C[C@@H](C(=O)N(c2cccc(F)c2)C(C(=O)NC2CC(F)(F)C2)c2ccccc2Cl)N(c2cc(C#N)ccn2)C1=O. The molecular weight excluding hydrogens is 587 g/mol. The maximum absolute atomic E-state index is 14.6. The third kappa shape index (κ3) is 5.91. The van der Waals surface area contributed by atoms with Crippen LogP contribution in [0.3, 0.4) is 0 Å². The number of nitrogens with one attached hydrogen (secondary N) is 1. The first-order valence-electron chi connectivity index (χ1n) is 13.2. The quantitative estimate of drug-likeness (QED) is 0.410. The fourth-order valence-electron chi connectivity index (χ4n) is 5.37. The van der Waals surface area contributed by atoms with E-state index in [1.807, 2.05) is 6.07 Å². The van der Waals surface area contributed by atoms with Gasteiger partial charge in [0.05, 0.1) is 11.6 Å². The highest BCUT2D eigenvalue weighted by Crippen LogP contribution is 2.40. The third-order valence-electron chi connectivity index (χ3n) is 7.46. The Labute approximate surface area is 249 Å². The highest BCUT2D eigenvalue weighted by atomic mass is 35.5. The van der Waals surface area contributed by atoms with E-state index in [9.17, 15) is 37.9 Å². The highest BCUT2D eigenvalue weighted by molar-refractivity contribution is 6.31. The molecule has 0 radical (unpaired) electrons. The Hall–Kier alpha value is -4.47. The molecule has 222 valence electrons. The first kappa shape index (κ1) is 30.0. The Morgan fingerprint density at radius 2 is 1.88 bits per heavy atom. The maximum Gasteiger partial charge on any atom is 0.260 e. The fraction of sp³-hybridized carbons (Fsp3) is 0.300. The van der Waals surface area contributed by atoms with Gasteiger partial charge in [-0.05, 0) is 43.3 Å². The average molecular weight is 612 g/mol. The lowest BCUT2D eigenvalue weighted by Gasteiger charge is -2.39. The van der Waals surface area contributed by atoms with E-state index in [1.54, 1.807) is 12.1 Å². The van der Waals surface area contributed by atoms with Crippen LogP contribution < -0.4 is 15.1 Å². The molecule has 2 fully saturated rings. The zero-order chi connectivity index (χ0) is 31.1. The Kier molecular flexibility index (Phi) is 7.89. The number of hydrogen-bond acceptors (Lipinski definition) is 6. The summed E-state index contributed by atoms with van der Waals surface area (Å²) in [4.78, 5) is 47.9. The van der Waals surface area contributed by atoms with Crippen LogP contribution in [-0.2, 0) is 14.4 Å². The smallest absolute Gasteiger partial charge is 0.260 e. The van der Waals surface area contributed by atoms with Crippen molar-refractivity contribution in [3.8, 4) is 6.07 Å². The number of aromatic nitrogens is 1. The molecule has 3 atom stereocenters. The number of carbonyl (C=O) groups excluding carboxylic acids is 3. The van der Waals surface area contributed by atoms with Gasteiger partial charge in [0.2, 0.25) is 5.91 Å². The number of hydrogen-bond donors (Lipinski definition) is 2. The molecule has 0 bridgehead atoms. The first-order chi connectivity index (χ1) is 20.3. The van der Waals surface area contributed by atoms with Gasteiger partial charge in [-0.1, -0.05) is 35.9 Å². The predicted octanol–water partition coefficient (Wildman–Crippen LogP) is 4.29. The van der Waals surface area contributed by atoms with Gasteiger partial charge in [0.1, 0.15) is 29.3 Å². The summed E-state index contributed by atoms with van der Waals surface area (Å²) in [7, 11) is 0. The summed E-state index contributed by atoms with van der Waals surface area (Å²) in [6, 6.07) is 11.5. The van der Waals surface area contributed by atoms with Gasteiger partial charge in [0, 0.05) is 47.8 Å². The second kappa shape index (κ2) is 11.3. The van der Waals surface area contributed by atoms with Crippen molar-refractivity contribution in [3.05, 3.63) is 88.8 Å². The molecule has 9 nitrogen and oxygen atoms in total. The summed E-state index contributed by atoms with van der Waals surface area (Å²) in [5, 5.41) is 23.0. The zero-order valence-electron chi connectivity index (χ0n) is 22.7. The molecule has 43 heavy (non-hydrogen) atoms. The molecule has 1 aromatic heterocycles. The number of rotatable bonds is 7. The zero-order valence-corrected chi connectivity index (χ0v) is 23.4. The van der Waals surface area contributed by atoms with Gasteiger partial charge >= 0.3 is 0 Å². The molecular formula is C30H25ClF3N5O4. The van der Waals surface area contributed by atoms with Crippen molar-refractivity contribution in [2.45, 2.75) is 55.8 Å². The monoisotopic (exact) mass is 611 g/mol. The summed E-state index contributed by atoms with van der Waals surface area (Å²) >= 11 is 6.49. The minimum absolute atomic E-state index is 0.0607. The van der Waals surface area contributed by atoms with E-state index < -0.39 is 72.5 Å². The predicted molar refractivity (Wildman–Crippen MR) is 150 cm³/mol. The Balaban J connectivity index is 1.65. The number of pyridine rings is 1. The van der Waals surface area contributed by atoms with Crippen LogP contribution >= 0.6 is 11.6 Å². The topological polar surface area (TPSA) is 127 Å². The number of alkyl halides is 2. The van der Waals surface area contributed by atoms with Crippen LogP contribution in [0.15, 0.2) is 66.9 Å². The molecule has 3 amide bonds. The molecule has 1 saturated carbocycles. The van der Waals surface area contributed by atoms with E-state index in [2.05, 4.69) is 10.3 Å². The van der Waals surface area contributed by atoms with Crippen molar-refractivity contribution in [2.75, 3.05) is 9.80 Å². The molecule has 1 aliphatic heterocycles. The Morgan fingerprint density at radius 1 is 1.16 bits per heavy atom. The Bertz CT molecular complexity index is 1640. The van der Waals surface area contributed by atoms with Crippen molar-refractivity contribution in [1.29, 1.82) is 5.26 Å². The van der Waals surface area contributed by atoms with Gasteiger partial charge in [-0.15, -0.1) is 0 Å². The van der Waals surface area contributed by atoms with Crippen molar-refractivity contribution in [1.82, 2.24) is 10.3 Å². The normalized spacial score (nSPS) is 21.9. The molecule has 5 rings (SSSR count). The molecule has 3 aromatic rings. The first-order valence-corrected chi connectivity index (χ1v) is 13.6. The summed E-state index contributed by atoms with van der Waals surface area (Å²) in [5.41, 5.74) is -1.90. The molecule has 1 saturated heterocycles. The van der Waals surface area contributed by atoms with Crippen LogP contribution in [0.5, 0.6) is 0 Å². The molecule has 2 aromatic carbocycles. The lowest BCUT2D eigenvalue weighted by molar-refractivity contribution is -0.133. The number of nitrogens with zero attached hydrogens (tertiary/aromatic N) is 4. The average Bonchev–Trinajstić information content (AvgIpc) is 3.19. The summed E-state index contributed by atoms with van der Waals surface area (Å²) in [6.45, 7) is 1.21. The van der Waals surface area contributed by atoms with Crippen molar-refractivity contribution in [2.24, 2.45) is 0 Å². The minimum atomic E-state index is -2.95. The molecule has 13 heteroatoms. The summed E-state index contributed by atoms with van der Waals surface area (Å²) in [6.07, 6.45) is -0.387. The number of aliphatic hydroxyl groups is 1. The molecule has 2 N–H and O–H groups in total. The van der Waals surface area contributed by atoms with E-state index in [0.717, 1.165) is 21.9 Å². The van der Waals surface area contributed by atoms with E-state index in [-0.39, 0.29) is 27.7 Å². The van der Waals surface area contributed by atoms with Crippen molar-refractivity contribution >= 4 is 40.8 Å². The number of benzene rings is 2. The van der Waals surface area contributed by atoms with Crippen molar-refractivity contribution < 1.29 is 32.7 Å². The van der Waals surface area contributed by atoms with Gasteiger partial charge < -0.3 is 10.4 Å². The van der Waals surface area contributed by atoms with E-state index in [0.29, 0.717) is 0 Å². The van der Waals surface area contributed by atoms with Crippen LogP contribution in [0, 0.1) is 17.1 Å². The fourth-order valence-corrected chi connectivity index (χ4v) is 5.60. The van der Waals surface area contributed by atoms with Gasteiger partial charge in [-0.3, -0.25) is 24.2 Å². The lowest BCUT2D eigenvalue weighted by Crippen LogP contribution is -2.56. The van der Waals surface area contributed by atoms with Crippen LogP contribution in [0.4, 0.5) is 24.7 Å². The van der Waals surface area contributed by atoms with Gasteiger partial charge in [-0.25, -0.2) is 18.2 Å². The van der Waals surface area contributed by atoms with Crippen LogP contribution in [0.1, 0.15) is 43.4 Å².